The van der Waals surface area contributed by atoms with Crippen molar-refractivity contribution in [2.75, 3.05) is 13.1 Å². The Kier molecular flexibility index (Phi) is 5.17. The summed E-state index contributed by atoms with van der Waals surface area (Å²) in [6.45, 7) is 6.18. The fraction of sp³-hybridized carbons (Fsp3) is 0.421. The molecular weight excluding hydrogens is 389 g/mol. The van der Waals surface area contributed by atoms with Crippen molar-refractivity contribution in [1.82, 2.24) is 14.7 Å². The number of aromatic nitrogens is 2. The molecule has 1 amide bonds. The molecule has 1 aliphatic heterocycles. The second kappa shape index (κ2) is 7.31. The Morgan fingerprint density at radius 2 is 1.90 bits per heavy atom. The van der Waals surface area contributed by atoms with E-state index in [9.17, 15) is 18.0 Å². The Morgan fingerprint density at radius 1 is 1.21 bits per heavy atom. The van der Waals surface area contributed by atoms with Crippen LogP contribution in [0.4, 0.5) is 18.0 Å². The van der Waals surface area contributed by atoms with Gasteiger partial charge in [0.25, 0.3) is 0 Å². The van der Waals surface area contributed by atoms with Gasteiger partial charge in [-0.25, -0.2) is 4.79 Å². The van der Waals surface area contributed by atoms with E-state index in [1.807, 2.05) is 6.07 Å². The van der Waals surface area contributed by atoms with Crippen LogP contribution in [0.5, 0.6) is 5.75 Å². The van der Waals surface area contributed by atoms with Crippen molar-refractivity contribution in [2.24, 2.45) is 0 Å². The van der Waals surface area contributed by atoms with Crippen molar-refractivity contribution in [1.29, 1.82) is 5.26 Å². The van der Waals surface area contributed by atoms with Crippen LogP contribution in [0.3, 0.4) is 0 Å². The maximum absolute atomic E-state index is 12.5. The normalized spacial score (nSPS) is 14.9. The number of carbonyl (C=O) groups excluding carboxylic acids is 1. The van der Waals surface area contributed by atoms with Crippen LogP contribution in [0, 0.1) is 11.3 Å². The average Bonchev–Trinajstić information content (AvgIpc) is 2.99. The third kappa shape index (κ3) is 5.19. The highest BCUT2D eigenvalue weighted by atomic mass is 19.4. The van der Waals surface area contributed by atoms with Crippen molar-refractivity contribution < 1.29 is 27.4 Å². The molecule has 1 aromatic heterocycles. The number of nitriles is 1. The minimum Gasteiger partial charge on any atom is -0.444 e. The van der Waals surface area contributed by atoms with Crippen molar-refractivity contribution in [3.8, 4) is 22.9 Å². The first-order chi connectivity index (χ1) is 13.4. The Balaban J connectivity index is 1.72. The molecule has 0 saturated carbocycles. The van der Waals surface area contributed by atoms with Crippen LogP contribution >= 0.6 is 0 Å². The van der Waals surface area contributed by atoms with Gasteiger partial charge in [0.05, 0.1) is 23.9 Å². The summed E-state index contributed by atoms with van der Waals surface area (Å²) in [7, 11) is 0. The number of benzene rings is 1. The molecular formula is C19H19F3N4O3. The number of alkyl halides is 3. The summed E-state index contributed by atoms with van der Waals surface area (Å²) < 4.78 is 48.4. The molecule has 2 heterocycles. The molecule has 0 spiro atoms. The van der Waals surface area contributed by atoms with E-state index in [0.29, 0.717) is 24.2 Å². The lowest BCUT2D eigenvalue weighted by atomic mass is 10.1. The quantitative estimate of drug-likeness (QED) is 0.764. The minimum absolute atomic E-state index is 0.0363. The largest absolute Gasteiger partial charge is 0.573 e. The fourth-order valence-electron chi connectivity index (χ4n) is 2.81. The highest BCUT2D eigenvalue weighted by Gasteiger charge is 2.35. The number of amides is 1. The Bertz CT molecular complexity index is 951. The van der Waals surface area contributed by atoms with E-state index < -0.39 is 23.8 Å². The summed E-state index contributed by atoms with van der Waals surface area (Å²) in [4.78, 5) is 13.5. The molecule has 10 heteroatoms. The van der Waals surface area contributed by atoms with Gasteiger partial charge in [0.1, 0.15) is 11.4 Å². The van der Waals surface area contributed by atoms with Crippen LogP contribution in [0.1, 0.15) is 32.4 Å². The van der Waals surface area contributed by atoms with Crippen molar-refractivity contribution in [2.45, 2.75) is 38.8 Å². The molecule has 0 aliphatic carbocycles. The lowest BCUT2D eigenvalue weighted by Gasteiger charge is -2.39. The highest BCUT2D eigenvalue weighted by Crippen LogP contribution is 2.31. The van der Waals surface area contributed by atoms with Crippen molar-refractivity contribution in [3.63, 3.8) is 0 Å². The SMILES string of the molecule is CC(C)(C)OC(=O)N1CC(n2cc(-c3cc(C#N)cc(OC(F)(F)F)c3)cn2)C1. The summed E-state index contributed by atoms with van der Waals surface area (Å²) in [5.74, 6) is -0.473. The molecule has 1 aliphatic rings. The van der Waals surface area contributed by atoms with Crippen molar-refractivity contribution >= 4 is 6.09 Å². The van der Waals surface area contributed by atoms with Gasteiger partial charge in [-0.3, -0.25) is 4.68 Å². The van der Waals surface area contributed by atoms with Gasteiger partial charge in [-0.2, -0.15) is 10.4 Å². The molecule has 0 unspecified atom stereocenters. The molecule has 154 valence electrons. The zero-order chi connectivity index (χ0) is 21.4. The number of nitrogens with zero attached hydrogens (tertiary/aromatic N) is 4. The van der Waals surface area contributed by atoms with Gasteiger partial charge < -0.3 is 14.4 Å². The number of likely N-dealkylation sites (tertiary alicyclic amines) is 1. The van der Waals surface area contributed by atoms with E-state index in [1.54, 1.807) is 36.5 Å². The predicted octanol–water partition coefficient (Wildman–Crippen LogP) is 4.11. The summed E-state index contributed by atoms with van der Waals surface area (Å²) in [6, 6.07) is 5.43. The third-order valence-electron chi connectivity index (χ3n) is 4.09. The summed E-state index contributed by atoms with van der Waals surface area (Å²) in [5.41, 5.74) is 0.361. The molecule has 7 nitrogen and oxygen atoms in total. The standard InChI is InChI=1S/C19H19F3N4O3/c1-18(2,3)29-17(27)25-10-15(11-25)26-9-14(8-24-26)13-4-12(7-23)5-16(6-13)28-19(20,21)22/h4-6,8-9,15H,10-11H2,1-3H3. The Hall–Kier alpha value is -3.22. The molecule has 3 rings (SSSR count). The number of rotatable bonds is 3. The molecule has 0 radical (unpaired) electrons. The molecule has 1 saturated heterocycles. The van der Waals surface area contributed by atoms with E-state index in [0.717, 1.165) is 6.07 Å². The fourth-order valence-corrected chi connectivity index (χ4v) is 2.81. The number of hydrogen-bond acceptors (Lipinski definition) is 5. The topological polar surface area (TPSA) is 80.4 Å². The number of ether oxygens (including phenoxy) is 2. The van der Waals surface area contributed by atoms with Gasteiger partial charge >= 0.3 is 12.5 Å². The second-order valence-electron chi connectivity index (χ2n) is 7.65. The molecule has 29 heavy (non-hydrogen) atoms. The number of halogens is 3. The van der Waals surface area contributed by atoms with Gasteiger partial charge in [-0.05, 0) is 44.5 Å². The lowest BCUT2D eigenvalue weighted by Crippen LogP contribution is -2.52. The van der Waals surface area contributed by atoms with E-state index in [1.165, 1.54) is 18.3 Å². The first-order valence-corrected chi connectivity index (χ1v) is 8.77. The maximum atomic E-state index is 12.5. The van der Waals surface area contributed by atoms with E-state index in [2.05, 4.69) is 9.84 Å². The maximum Gasteiger partial charge on any atom is 0.573 e. The monoisotopic (exact) mass is 408 g/mol. The van der Waals surface area contributed by atoms with Gasteiger partial charge in [0.15, 0.2) is 0 Å². The van der Waals surface area contributed by atoms with E-state index >= 15 is 0 Å². The summed E-state index contributed by atoms with van der Waals surface area (Å²) in [5, 5.41) is 13.3. The van der Waals surface area contributed by atoms with Crippen LogP contribution in [-0.2, 0) is 4.74 Å². The third-order valence-corrected chi connectivity index (χ3v) is 4.09. The van der Waals surface area contributed by atoms with Crippen LogP contribution in [0.2, 0.25) is 0 Å². The van der Waals surface area contributed by atoms with Gasteiger partial charge in [0.2, 0.25) is 0 Å². The lowest BCUT2D eigenvalue weighted by molar-refractivity contribution is -0.274. The summed E-state index contributed by atoms with van der Waals surface area (Å²) >= 11 is 0. The highest BCUT2D eigenvalue weighted by molar-refractivity contribution is 5.69. The molecule has 0 atom stereocenters. The van der Waals surface area contributed by atoms with Crippen LogP contribution in [0.15, 0.2) is 30.6 Å². The molecule has 1 fully saturated rings. The second-order valence-corrected chi connectivity index (χ2v) is 7.65. The first-order valence-electron chi connectivity index (χ1n) is 8.77. The molecule has 0 N–H and O–H groups in total. The van der Waals surface area contributed by atoms with E-state index in [4.69, 9.17) is 10.00 Å². The smallest absolute Gasteiger partial charge is 0.444 e. The summed E-state index contributed by atoms with van der Waals surface area (Å²) in [6.07, 6.45) is -2.11. The van der Waals surface area contributed by atoms with Crippen LogP contribution in [-0.4, -0.2) is 45.8 Å². The van der Waals surface area contributed by atoms with Gasteiger partial charge in [-0.1, -0.05) is 0 Å². The Labute approximate surface area is 165 Å². The average molecular weight is 408 g/mol. The van der Waals surface area contributed by atoms with Gasteiger partial charge in [-0.15, -0.1) is 13.2 Å². The minimum atomic E-state index is -4.85. The van der Waals surface area contributed by atoms with Crippen LogP contribution < -0.4 is 4.74 Å². The zero-order valence-electron chi connectivity index (χ0n) is 16.0. The molecule has 1 aromatic carbocycles. The first kappa shape index (κ1) is 20.5. The Morgan fingerprint density at radius 3 is 2.48 bits per heavy atom. The number of carbonyl (C=O) groups is 1. The zero-order valence-corrected chi connectivity index (χ0v) is 16.0. The molecule has 2 aromatic rings. The van der Waals surface area contributed by atoms with Crippen LogP contribution in [0.25, 0.3) is 11.1 Å². The van der Waals surface area contributed by atoms with Gasteiger partial charge in [0, 0.05) is 24.8 Å². The van der Waals surface area contributed by atoms with E-state index in [-0.39, 0.29) is 11.6 Å². The predicted molar refractivity (Wildman–Crippen MR) is 95.9 cm³/mol. The van der Waals surface area contributed by atoms with Crippen molar-refractivity contribution in [3.05, 3.63) is 36.2 Å². The number of hydrogen-bond donors (Lipinski definition) is 0. The molecule has 0 bridgehead atoms.